The monoisotopic (exact) mass is 292 g/mol. The topological polar surface area (TPSA) is 29.3 Å². The third-order valence-electron chi connectivity index (χ3n) is 3.47. The van der Waals surface area contributed by atoms with Crippen molar-refractivity contribution in [1.82, 2.24) is 4.90 Å². The van der Waals surface area contributed by atoms with E-state index in [1.54, 1.807) is 17.4 Å². The van der Waals surface area contributed by atoms with Gasteiger partial charge in [0, 0.05) is 29.6 Å². The molecule has 1 aromatic heterocycles. The van der Waals surface area contributed by atoms with Crippen LogP contribution in [-0.2, 0) is 6.54 Å². The van der Waals surface area contributed by atoms with Crippen molar-refractivity contribution in [2.24, 2.45) is 5.73 Å². The van der Waals surface area contributed by atoms with Crippen molar-refractivity contribution in [2.45, 2.75) is 32.5 Å². The van der Waals surface area contributed by atoms with Gasteiger partial charge in [0.25, 0.3) is 0 Å². The van der Waals surface area contributed by atoms with E-state index in [4.69, 9.17) is 5.73 Å². The molecule has 2 N–H and O–H groups in total. The highest BCUT2D eigenvalue weighted by atomic mass is 32.1. The second-order valence-corrected chi connectivity index (χ2v) is 6.15. The molecule has 1 aromatic carbocycles. The molecule has 2 nitrogen and oxygen atoms in total. The maximum Gasteiger partial charge on any atom is 0.128 e. The summed E-state index contributed by atoms with van der Waals surface area (Å²) in [5.74, 6) is -0.181. The quantitative estimate of drug-likeness (QED) is 0.877. The van der Waals surface area contributed by atoms with E-state index in [1.807, 2.05) is 18.2 Å². The minimum atomic E-state index is -0.181. The van der Waals surface area contributed by atoms with Gasteiger partial charge in [0.2, 0.25) is 0 Å². The molecule has 2 rings (SSSR count). The molecule has 0 aliphatic heterocycles. The largest absolute Gasteiger partial charge is 0.329 e. The van der Waals surface area contributed by atoms with Crippen molar-refractivity contribution in [2.75, 3.05) is 6.54 Å². The number of nitrogens with zero attached hydrogens (tertiary/aromatic N) is 1. The van der Waals surface area contributed by atoms with E-state index in [0.29, 0.717) is 18.2 Å². The molecule has 0 amide bonds. The Morgan fingerprint density at radius 1 is 1.20 bits per heavy atom. The lowest BCUT2D eigenvalue weighted by molar-refractivity contribution is 0.146. The molecular formula is C16H21FN2S. The third-order valence-corrected chi connectivity index (χ3v) is 4.33. The van der Waals surface area contributed by atoms with Crippen LogP contribution in [0.3, 0.4) is 0 Å². The van der Waals surface area contributed by atoms with E-state index >= 15 is 0 Å². The van der Waals surface area contributed by atoms with Crippen LogP contribution in [0.25, 0.3) is 0 Å². The fraction of sp³-hybridized carbons (Fsp3) is 0.375. The number of nitrogens with two attached hydrogens (primary N) is 1. The van der Waals surface area contributed by atoms with Crippen molar-refractivity contribution in [3.05, 3.63) is 58.0 Å². The first-order chi connectivity index (χ1) is 9.63. The molecule has 0 saturated heterocycles. The zero-order valence-corrected chi connectivity index (χ0v) is 12.7. The van der Waals surface area contributed by atoms with E-state index in [0.717, 1.165) is 6.54 Å². The maximum atomic E-state index is 14.0. The predicted octanol–water partition coefficient (Wildman–Crippen LogP) is 3.80. The normalized spacial score (nSPS) is 13.1. The van der Waals surface area contributed by atoms with Gasteiger partial charge in [-0.1, -0.05) is 24.3 Å². The predicted molar refractivity (Wildman–Crippen MR) is 83.2 cm³/mol. The van der Waals surface area contributed by atoms with Crippen LogP contribution in [0.1, 0.15) is 30.3 Å². The van der Waals surface area contributed by atoms with Crippen LogP contribution >= 0.6 is 11.3 Å². The zero-order valence-electron chi connectivity index (χ0n) is 11.9. The molecule has 2 aromatic rings. The molecule has 20 heavy (non-hydrogen) atoms. The molecule has 1 atom stereocenters. The van der Waals surface area contributed by atoms with Gasteiger partial charge in [-0.25, -0.2) is 4.39 Å². The molecule has 108 valence electrons. The SMILES string of the molecule is CC(C)N(Cc1cccs1)C(CN)c1ccccc1F. The second kappa shape index (κ2) is 6.97. The van der Waals surface area contributed by atoms with Gasteiger partial charge >= 0.3 is 0 Å². The minimum absolute atomic E-state index is 0.0988. The first kappa shape index (κ1) is 15.2. The molecule has 0 bridgehead atoms. The molecule has 0 aliphatic rings. The van der Waals surface area contributed by atoms with E-state index in [9.17, 15) is 4.39 Å². The molecule has 1 unspecified atom stereocenters. The zero-order chi connectivity index (χ0) is 14.5. The van der Waals surface area contributed by atoms with E-state index in [2.05, 4.69) is 30.2 Å². The Labute approximate surface area is 124 Å². The molecule has 0 spiro atoms. The summed E-state index contributed by atoms with van der Waals surface area (Å²) in [6.45, 7) is 5.45. The highest BCUT2D eigenvalue weighted by molar-refractivity contribution is 7.09. The summed E-state index contributed by atoms with van der Waals surface area (Å²) in [6, 6.07) is 11.3. The molecule has 0 aliphatic carbocycles. The summed E-state index contributed by atoms with van der Waals surface area (Å²) in [7, 11) is 0. The van der Waals surface area contributed by atoms with Gasteiger partial charge in [0.15, 0.2) is 0 Å². The third kappa shape index (κ3) is 3.45. The van der Waals surface area contributed by atoms with E-state index in [1.165, 1.54) is 10.9 Å². The molecule has 0 saturated carbocycles. The number of rotatable bonds is 6. The minimum Gasteiger partial charge on any atom is -0.329 e. The summed E-state index contributed by atoms with van der Waals surface area (Å²) in [6.07, 6.45) is 0. The molecule has 1 heterocycles. The van der Waals surface area contributed by atoms with Crippen LogP contribution in [0, 0.1) is 5.82 Å². The average Bonchev–Trinajstić information content (AvgIpc) is 2.93. The lowest BCUT2D eigenvalue weighted by Gasteiger charge is -2.34. The Morgan fingerprint density at radius 3 is 2.50 bits per heavy atom. The summed E-state index contributed by atoms with van der Waals surface area (Å²) < 4.78 is 14.0. The van der Waals surface area contributed by atoms with Gasteiger partial charge in [0.1, 0.15) is 5.82 Å². The summed E-state index contributed by atoms with van der Waals surface area (Å²) in [4.78, 5) is 3.53. The molecule has 4 heteroatoms. The fourth-order valence-corrected chi connectivity index (χ4v) is 3.13. The van der Waals surface area contributed by atoms with Crippen LogP contribution in [0.15, 0.2) is 41.8 Å². The summed E-state index contributed by atoms with van der Waals surface area (Å²) in [5, 5.41) is 2.06. The van der Waals surface area contributed by atoms with Crippen LogP contribution in [-0.4, -0.2) is 17.5 Å². The van der Waals surface area contributed by atoms with Crippen LogP contribution < -0.4 is 5.73 Å². The average molecular weight is 292 g/mol. The van der Waals surface area contributed by atoms with E-state index in [-0.39, 0.29) is 11.9 Å². The van der Waals surface area contributed by atoms with Gasteiger partial charge < -0.3 is 5.73 Å². The standard InChI is InChI=1S/C16H21FN2S/c1-12(2)19(11-13-6-5-9-20-13)16(10-18)14-7-3-4-8-15(14)17/h3-9,12,16H,10-11,18H2,1-2H3. The van der Waals surface area contributed by atoms with Crippen molar-refractivity contribution in [3.63, 3.8) is 0 Å². The van der Waals surface area contributed by atoms with Crippen LogP contribution in [0.2, 0.25) is 0 Å². The number of hydrogen-bond donors (Lipinski definition) is 1. The van der Waals surface area contributed by atoms with Crippen molar-refractivity contribution >= 4 is 11.3 Å². The van der Waals surface area contributed by atoms with Gasteiger partial charge in [0.05, 0.1) is 6.04 Å². The van der Waals surface area contributed by atoms with Crippen LogP contribution in [0.4, 0.5) is 4.39 Å². The Hall–Kier alpha value is -1.23. The number of thiophene rings is 1. The first-order valence-electron chi connectivity index (χ1n) is 6.86. The van der Waals surface area contributed by atoms with Crippen molar-refractivity contribution in [1.29, 1.82) is 0 Å². The Kier molecular flexibility index (Phi) is 5.29. The fourth-order valence-electron chi connectivity index (χ4n) is 2.42. The van der Waals surface area contributed by atoms with Gasteiger partial charge in [-0.05, 0) is 31.4 Å². The molecule has 0 fully saturated rings. The lowest BCUT2D eigenvalue weighted by Crippen LogP contribution is -2.38. The maximum absolute atomic E-state index is 14.0. The highest BCUT2D eigenvalue weighted by Crippen LogP contribution is 2.27. The van der Waals surface area contributed by atoms with Gasteiger partial charge in [-0.3, -0.25) is 4.90 Å². The summed E-state index contributed by atoms with van der Waals surface area (Å²) in [5.41, 5.74) is 6.62. The van der Waals surface area contributed by atoms with Crippen molar-refractivity contribution < 1.29 is 4.39 Å². The second-order valence-electron chi connectivity index (χ2n) is 5.12. The van der Waals surface area contributed by atoms with Gasteiger partial charge in [-0.15, -0.1) is 11.3 Å². The Bertz CT molecular complexity index is 525. The number of hydrogen-bond acceptors (Lipinski definition) is 3. The smallest absolute Gasteiger partial charge is 0.128 e. The Morgan fingerprint density at radius 2 is 1.95 bits per heavy atom. The van der Waals surface area contributed by atoms with Crippen LogP contribution in [0.5, 0.6) is 0 Å². The first-order valence-corrected chi connectivity index (χ1v) is 7.74. The molecule has 0 radical (unpaired) electrons. The lowest BCUT2D eigenvalue weighted by atomic mass is 10.0. The van der Waals surface area contributed by atoms with Gasteiger partial charge in [-0.2, -0.15) is 0 Å². The van der Waals surface area contributed by atoms with Crippen molar-refractivity contribution in [3.8, 4) is 0 Å². The summed E-state index contributed by atoms with van der Waals surface area (Å²) >= 11 is 1.72. The number of benzene rings is 1. The molecular weight excluding hydrogens is 271 g/mol. The highest BCUT2D eigenvalue weighted by Gasteiger charge is 2.24. The van der Waals surface area contributed by atoms with E-state index < -0.39 is 0 Å². The Balaban J connectivity index is 2.28. The number of halogens is 1.